The van der Waals surface area contributed by atoms with Crippen molar-refractivity contribution in [3.05, 3.63) is 34.9 Å². The summed E-state index contributed by atoms with van der Waals surface area (Å²) in [5.41, 5.74) is 4.22. The fourth-order valence-electron chi connectivity index (χ4n) is 1.77. The highest BCUT2D eigenvalue weighted by atomic mass is 35.5. The zero-order valence-corrected chi connectivity index (χ0v) is 9.29. The lowest BCUT2D eigenvalue weighted by Crippen LogP contribution is -2.34. The molecule has 0 radical (unpaired) electrons. The Morgan fingerprint density at radius 2 is 2.40 bits per heavy atom. The second kappa shape index (κ2) is 4.21. The standard InChI is InChI=1S/C11H13ClN2O/c1-2-14-11(15)7-10(13-14)8-4-3-5-9(12)6-8/h3-6,10,13H,2,7H2,1H3. The molecule has 3 nitrogen and oxygen atoms in total. The van der Waals surface area contributed by atoms with Gasteiger partial charge in [0, 0.05) is 18.0 Å². The summed E-state index contributed by atoms with van der Waals surface area (Å²) in [4.78, 5) is 11.5. The summed E-state index contributed by atoms with van der Waals surface area (Å²) in [7, 11) is 0. The number of hydrogen-bond donors (Lipinski definition) is 1. The minimum atomic E-state index is 0.0659. The van der Waals surface area contributed by atoms with E-state index in [0.717, 1.165) is 5.56 Å². The normalized spacial score (nSPS) is 21.1. The molecule has 15 heavy (non-hydrogen) atoms. The molecule has 0 saturated carbocycles. The molecule has 0 bridgehead atoms. The molecular weight excluding hydrogens is 212 g/mol. The van der Waals surface area contributed by atoms with Crippen LogP contribution < -0.4 is 5.43 Å². The van der Waals surface area contributed by atoms with Gasteiger partial charge < -0.3 is 0 Å². The number of amides is 1. The maximum absolute atomic E-state index is 11.5. The summed E-state index contributed by atoms with van der Waals surface area (Å²) in [6, 6.07) is 7.68. The van der Waals surface area contributed by atoms with Crippen LogP contribution in [0.4, 0.5) is 0 Å². The first-order valence-corrected chi connectivity index (χ1v) is 5.40. The molecule has 1 saturated heterocycles. The van der Waals surface area contributed by atoms with Gasteiger partial charge in [0.15, 0.2) is 0 Å². The van der Waals surface area contributed by atoms with E-state index in [1.165, 1.54) is 0 Å². The lowest BCUT2D eigenvalue weighted by molar-refractivity contribution is -0.129. The molecule has 1 amide bonds. The molecule has 0 aliphatic carbocycles. The Morgan fingerprint density at radius 3 is 3.00 bits per heavy atom. The summed E-state index contributed by atoms with van der Waals surface area (Å²) >= 11 is 5.90. The van der Waals surface area contributed by atoms with Crippen LogP contribution in [-0.4, -0.2) is 17.5 Å². The Morgan fingerprint density at radius 1 is 1.60 bits per heavy atom. The summed E-state index contributed by atoms with van der Waals surface area (Å²) in [6.07, 6.45) is 0.508. The number of rotatable bonds is 2. The minimum absolute atomic E-state index is 0.0659. The SMILES string of the molecule is CCN1NC(c2cccc(Cl)c2)CC1=O. The molecule has 1 aliphatic heterocycles. The van der Waals surface area contributed by atoms with Gasteiger partial charge in [-0.3, -0.25) is 9.80 Å². The van der Waals surface area contributed by atoms with E-state index in [-0.39, 0.29) is 11.9 Å². The molecule has 1 fully saturated rings. The Bertz CT molecular complexity index is 381. The van der Waals surface area contributed by atoms with Crippen LogP contribution >= 0.6 is 11.6 Å². The maximum atomic E-state index is 11.5. The lowest BCUT2D eigenvalue weighted by atomic mass is 10.1. The average molecular weight is 225 g/mol. The lowest BCUT2D eigenvalue weighted by Gasteiger charge is -2.15. The van der Waals surface area contributed by atoms with Crippen LogP contribution in [0.15, 0.2) is 24.3 Å². The van der Waals surface area contributed by atoms with Gasteiger partial charge in [0.05, 0.1) is 6.04 Å². The van der Waals surface area contributed by atoms with Crippen LogP contribution in [-0.2, 0) is 4.79 Å². The van der Waals surface area contributed by atoms with Gasteiger partial charge in [-0.2, -0.15) is 0 Å². The number of halogens is 1. The van der Waals surface area contributed by atoms with E-state index >= 15 is 0 Å². The van der Waals surface area contributed by atoms with Crippen LogP contribution in [0, 0.1) is 0 Å². The zero-order chi connectivity index (χ0) is 10.8. The van der Waals surface area contributed by atoms with Crippen LogP contribution in [0.2, 0.25) is 5.02 Å². The van der Waals surface area contributed by atoms with Gasteiger partial charge >= 0.3 is 0 Å². The molecule has 1 heterocycles. The zero-order valence-electron chi connectivity index (χ0n) is 8.53. The van der Waals surface area contributed by atoms with Crippen molar-refractivity contribution in [1.82, 2.24) is 10.4 Å². The van der Waals surface area contributed by atoms with E-state index in [4.69, 9.17) is 11.6 Å². The molecule has 1 aliphatic rings. The van der Waals surface area contributed by atoms with Gasteiger partial charge in [-0.1, -0.05) is 23.7 Å². The summed E-state index contributed by atoms with van der Waals surface area (Å²) in [6.45, 7) is 2.64. The molecule has 1 aromatic carbocycles. The number of benzene rings is 1. The highest BCUT2D eigenvalue weighted by molar-refractivity contribution is 6.30. The van der Waals surface area contributed by atoms with Crippen molar-refractivity contribution in [2.24, 2.45) is 0 Å². The Balaban J connectivity index is 2.17. The van der Waals surface area contributed by atoms with E-state index in [2.05, 4.69) is 5.43 Å². The number of nitrogens with zero attached hydrogens (tertiary/aromatic N) is 1. The smallest absolute Gasteiger partial charge is 0.238 e. The molecule has 0 spiro atoms. The highest BCUT2D eigenvalue weighted by Crippen LogP contribution is 2.25. The predicted octanol–water partition coefficient (Wildman–Crippen LogP) is 2.14. The van der Waals surface area contributed by atoms with Gasteiger partial charge in [0.25, 0.3) is 0 Å². The van der Waals surface area contributed by atoms with Crippen LogP contribution in [0.5, 0.6) is 0 Å². The van der Waals surface area contributed by atoms with Gasteiger partial charge in [0.1, 0.15) is 0 Å². The quantitative estimate of drug-likeness (QED) is 0.835. The fourth-order valence-corrected chi connectivity index (χ4v) is 1.97. The van der Waals surface area contributed by atoms with Crippen molar-refractivity contribution in [2.45, 2.75) is 19.4 Å². The number of hydrogen-bond acceptors (Lipinski definition) is 2. The van der Waals surface area contributed by atoms with Crippen LogP contribution in [0.3, 0.4) is 0 Å². The summed E-state index contributed by atoms with van der Waals surface area (Å²) in [5, 5.41) is 2.35. The average Bonchev–Trinajstić information content (AvgIpc) is 2.60. The molecular formula is C11H13ClN2O. The molecule has 1 N–H and O–H groups in total. The second-order valence-electron chi connectivity index (χ2n) is 3.58. The van der Waals surface area contributed by atoms with Gasteiger partial charge in [-0.15, -0.1) is 0 Å². The van der Waals surface area contributed by atoms with Gasteiger partial charge in [0.2, 0.25) is 5.91 Å². The van der Waals surface area contributed by atoms with E-state index in [9.17, 15) is 4.79 Å². The first-order chi connectivity index (χ1) is 7.20. The van der Waals surface area contributed by atoms with Crippen molar-refractivity contribution in [3.8, 4) is 0 Å². The third-order valence-electron chi connectivity index (χ3n) is 2.56. The first-order valence-electron chi connectivity index (χ1n) is 5.02. The van der Waals surface area contributed by atoms with E-state index in [1.54, 1.807) is 5.01 Å². The Kier molecular flexibility index (Phi) is 2.93. The van der Waals surface area contributed by atoms with E-state index in [0.29, 0.717) is 18.0 Å². The number of nitrogens with one attached hydrogen (secondary N) is 1. The maximum Gasteiger partial charge on any atom is 0.238 e. The molecule has 2 rings (SSSR count). The fraction of sp³-hybridized carbons (Fsp3) is 0.364. The highest BCUT2D eigenvalue weighted by Gasteiger charge is 2.28. The van der Waals surface area contributed by atoms with Gasteiger partial charge in [-0.05, 0) is 24.6 Å². The number of hydrazine groups is 1. The molecule has 80 valence electrons. The predicted molar refractivity (Wildman–Crippen MR) is 59.3 cm³/mol. The monoisotopic (exact) mass is 224 g/mol. The van der Waals surface area contributed by atoms with Crippen LogP contribution in [0.1, 0.15) is 24.9 Å². The van der Waals surface area contributed by atoms with Crippen molar-refractivity contribution in [2.75, 3.05) is 6.54 Å². The number of carbonyl (C=O) groups excluding carboxylic acids is 1. The van der Waals surface area contributed by atoms with Crippen molar-refractivity contribution >= 4 is 17.5 Å². The first kappa shape index (κ1) is 10.5. The molecule has 0 aromatic heterocycles. The van der Waals surface area contributed by atoms with E-state index < -0.39 is 0 Å². The van der Waals surface area contributed by atoms with E-state index in [1.807, 2.05) is 31.2 Å². The second-order valence-corrected chi connectivity index (χ2v) is 4.02. The molecule has 4 heteroatoms. The minimum Gasteiger partial charge on any atom is -0.278 e. The summed E-state index contributed by atoms with van der Waals surface area (Å²) in [5.74, 6) is 0.141. The van der Waals surface area contributed by atoms with Crippen molar-refractivity contribution < 1.29 is 4.79 Å². The Hall–Kier alpha value is -1.06. The Labute approximate surface area is 94.0 Å². The third-order valence-corrected chi connectivity index (χ3v) is 2.79. The summed E-state index contributed by atoms with van der Waals surface area (Å²) < 4.78 is 0. The molecule has 1 aromatic rings. The largest absolute Gasteiger partial charge is 0.278 e. The molecule has 1 unspecified atom stereocenters. The third kappa shape index (κ3) is 2.13. The van der Waals surface area contributed by atoms with Crippen LogP contribution in [0.25, 0.3) is 0 Å². The van der Waals surface area contributed by atoms with Crippen molar-refractivity contribution in [1.29, 1.82) is 0 Å². The van der Waals surface area contributed by atoms with Crippen molar-refractivity contribution in [3.63, 3.8) is 0 Å². The molecule has 1 atom stereocenters. The van der Waals surface area contributed by atoms with Gasteiger partial charge in [-0.25, -0.2) is 5.43 Å². The topological polar surface area (TPSA) is 32.3 Å². The number of carbonyl (C=O) groups is 1.